The van der Waals surface area contributed by atoms with Crippen molar-refractivity contribution in [2.24, 2.45) is 0 Å². The molecule has 0 bridgehead atoms. The summed E-state index contributed by atoms with van der Waals surface area (Å²) in [5, 5.41) is 7.46. The summed E-state index contributed by atoms with van der Waals surface area (Å²) in [5.41, 5.74) is 10.7. The van der Waals surface area contributed by atoms with Gasteiger partial charge < -0.3 is 4.90 Å². The Morgan fingerprint density at radius 2 is 0.755 bits per heavy atom. The van der Waals surface area contributed by atoms with E-state index < -0.39 is 0 Å². The first-order valence-corrected chi connectivity index (χ1v) is 16.8. The Bertz CT molecular complexity index is 2570. The largest absolute Gasteiger partial charge is 0.310 e. The van der Waals surface area contributed by atoms with Crippen molar-refractivity contribution in [3.8, 4) is 33.4 Å². The van der Waals surface area contributed by atoms with Gasteiger partial charge in [0.2, 0.25) is 0 Å². The van der Waals surface area contributed by atoms with E-state index in [4.69, 9.17) is 0 Å². The highest BCUT2D eigenvalue weighted by Gasteiger charge is 2.16. The molecule has 1 nitrogen and oxygen atoms in total. The number of benzene rings is 9. The molecule has 0 atom stereocenters. The van der Waals surface area contributed by atoms with Crippen molar-refractivity contribution in [3.63, 3.8) is 0 Å². The molecule has 0 unspecified atom stereocenters. The summed E-state index contributed by atoms with van der Waals surface area (Å²) in [7, 11) is 0. The molecule has 0 saturated carbocycles. The van der Waals surface area contributed by atoms with E-state index in [9.17, 15) is 0 Å². The van der Waals surface area contributed by atoms with Crippen molar-refractivity contribution in [2.75, 3.05) is 4.90 Å². The summed E-state index contributed by atoms with van der Waals surface area (Å²) in [6, 6.07) is 72.4. The summed E-state index contributed by atoms with van der Waals surface area (Å²) in [5.74, 6) is 0. The zero-order valence-corrected chi connectivity index (χ0v) is 27.0. The number of anilines is 3. The van der Waals surface area contributed by atoms with Gasteiger partial charge >= 0.3 is 0 Å². The lowest BCUT2D eigenvalue weighted by Gasteiger charge is -2.26. The van der Waals surface area contributed by atoms with Gasteiger partial charge in [-0.15, -0.1) is 0 Å². The maximum atomic E-state index is 2.37. The van der Waals surface area contributed by atoms with Crippen LogP contribution in [0, 0.1) is 0 Å². The molecule has 0 aliphatic rings. The SMILES string of the molecule is c1ccc(-c2ccc(N(c3ccccc3)c3ccc4c(-c5ccc6cc(-c7ccccc7)ccc6c5)cc5ccccc5c4c3)cc2)cc1. The smallest absolute Gasteiger partial charge is 0.0468 e. The number of para-hydroxylation sites is 1. The van der Waals surface area contributed by atoms with Crippen LogP contribution in [0.2, 0.25) is 0 Å². The fraction of sp³-hybridized carbons (Fsp3) is 0. The van der Waals surface area contributed by atoms with Crippen LogP contribution in [-0.4, -0.2) is 0 Å². The van der Waals surface area contributed by atoms with Crippen LogP contribution < -0.4 is 4.90 Å². The number of fused-ring (bicyclic) bond motifs is 4. The molecule has 0 heterocycles. The predicted molar refractivity (Wildman–Crippen MR) is 210 cm³/mol. The Labute approximate surface area is 287 Å². The zero-order chi connectivity index (χ0) is 32.6. The van der Waals surface area contributed by atoms with E-state index >= 15 is 0 Å². The van der Waals surface area contributed by atoms with E-state index in [0.717, 1.165) is 17.1 Å². The molecule has 0 aliphatic heterocycles. The molecule has 230 valence electrons. The van der Waals surface area contributed by atoms with Crippen LogP contribution in [0.4, 0.5) is 17.1 Å². The third-order valence-electron chi connectivity index (χ3n) is 9.61. The molecular weight excluding hydrogens is 591 g/mol. The Morgan fingerprint density at radius 1 is 0.245 bits per heavy atom. The molecule has 0 spiro atoms. The van der Waals surface area contributed by atoms with Gasteiger partial charge in [0.05, 0.1) is 0 Å². The van der Waals surface area contributed by atoms with Crippen LogP contribution >= 0.6 is 0 Å². The van der Waals surface area contributed by atoms with Gasteiger partial charge in [0.15, 0.2) is 0 Å². The predicted octanol–water partition coefficient (Wildman–Crippen LogP) is 13.6. The first kappa shape index (κ1) is 28.8. The number of nitrogens with zero attached hydrogens (tertiary/aromatic N) is 1. The van der Waals surface area contributed by atoms with Gasteiger partial charge in [-0.1, -0.05) is 146 Å². The normalized spacial score (nSPS) is 11.3. The van der Waals surface area contributed by atoms with E-state index in [0.29, 0.717) is 0 Å². The summed E-state index contributed by atoms with van der Waals surface area (Å²) in [4.78, 5) is 2.36. The second kappa shape index (κ2) is 12.3. The average molecular weight is 624 g/mol. The maximum absolute atomic E-state index is 2.37. The van der Waals surface area contributed by atoms with Gasteiger partial charge in [-0.05, 0) is 120 Å². The minimum atomic E-state index is 1.12. The monoisotopic (exact) mass is 623 g/mol. The van der Waals surface area contributed by atoms with Crippen molar-refractivity contribution in [3.05, 3.63) is 200 Å². The summed E-state index contributed by atoms with van der Waals surface area (Å²) in [6.45, 7) is 0. The Balaban J connectivity index is 1.18. The molecular formula is C48H33N. The molecule has 49 heavy (non-hydrogen) atoms. The van der Waals surface area contributed by atoms with Gasteiger partial charge in [-0.3, -0.25) is 0 Å². The Hall–Kier alpha value is -6.44. The van der Waals surface area contributed by atoms with Crippen LogP contribution in [0.15, 0.2) is 200 Å². The highest BCUT2D eigenvalue weighted by molar-refractivity contribution is 6.15. The summed E-state index contributed by atoms with van der Waals surface area (Å²) < 4.78 is 0. The van der Waals surface area contributed by atoms with E-state index in [2.05, 4.69) is 205 Å². The molecule has 0 aromatic heterocycles. The minimum absolute atomic E-state index is 1.12. The maximum Gasteiger partial charge on any atom is 0.0468 e. The highest BCUT2D eigenvalue weighted by atomic mass is 15.1. The van der Waals surface area contributed by atoms with Crippen molar-refractivity contribution in [2.45, 2.75) is 0 Å². The fourth-order valence-electron chi connectivity index (χ4n) is 7.15. The molecule has 1 heteroatoms. The number of rotatable bonds is 6. The molecule has 9 aromatic rings. The van der Waals surface area contributed by atoms with E-state index in [-0.39, 0.29) is 0 Å². The van der Waals surface area contributed by atoms with Crippen LogP contribution in [-0.2, 0) is 0 Å². The van der Waals surface area contributed by atoms with E-state index in [1.165, 1.54) is 65.7 Å². The number of hydrogen-bond donors (Lipinski definition) is 0. The minimum Gasteiger partial charge on any atom is -0.310 e. The Kier molecular flexibility index (Phi) is 7.22. The van der Waals surface area contributed by atoms with E-state index in [1.54, 1.807) is 0 Å². The molecule has 0 saturated heterocycles. The molecule has 0 radical (unpaired) electrons. The molecule has 0 amide bonds. The molecule has 0 fully saturated rings. The molecule has 0 N–H and O–H groups in total. The lowest BCUT2D eigenvalue weighted by atomic mass is 9.91. The summed E-state index contributed by atoms with van der Waals surface area (Å²) in [6.07, 6.45) is 0. The van der Waals surface area contributed by atoms with Crippen LogP contribution in [0.3, 0.4) is 0 Å². The molecule has 0 aliphatic carbocycles. The highest BCUT2D eigenvalue weighted by Crippen LogP contribution is 2.42. The van der Waals surface area contributed by atoms with Gasteiger partial charge in [-0.2, -0.15) is 0 Å². The first-order chi connectivity index (χ1) is 24.3. The first-order valence-electron chi connectivity index (χ1n) is 16.8. The van der Waals surface area contributed by atoms with Crippen LogP contribution in [0.5, 0.6) is 0 Å². The van der Waals surface area contributed by atoms with Gasteiger partial charge in [-0.25, -0.2) is 0 Å². The fourth-order valence-corrected chi connectivity index (χ4v) is 7.15. The van der Waals surface area contributed by atoms with Gasteiger partial charge in [0.25, 0.3) is 0 Å². The molecule has 9 rings (SSSR count). The zero-order valence-electron chi connectivity index (χ0n) is 27.0. The van der Waals surface area contributed by atoms with Crippen molar-refractivity contribution in [1.29, 1.82) is 0 Å². The second-order valence-corrected chi connectivity index (χ2v) is 12.6. The lowest BCUT2D eigenvalue weighted by Crippen LogP contribution is -2.09. The van der Waals surface area contributed by atoms with Gasteiger partial charge in [0, 0.05) is 17.1 Å². The lowest BCUT2D eigenvalue weighted by molar-refractivity contribution is 1.29. The van der Waals surface area contributed by atoms with Crippen LogP contribution in [0.25, 0.3) is 65.7 Å². The topological polar surface area (TPSA) is 3.24 Å². The number of hydrogen-bond acceptors (Lipinski definition) is 1. The van der Waals surface area contributed by atoms with Gasteiger partial charge in [0.1, 0.15) is 0 Å². The standard InChI is InChI=1S/C48H33N/c1-4-12-34(13-5-1)36-24-26-43(27-25-36)49(42-17-8-3-9-18-42)44-28-29-46-47(32-40-16-10-11-19-45(40)48(46)33-44)41-23-22-38-30-37(20-21-39(38)31-41)35-14-6-2-7-15-35/h1-33H. The molecule has 9 aromatic carbocycles. The second-order valence-electron chi connectivity index (χ2n) is 12.6. The third-order valence-corrected chi connectivity index (χ3v) is 9.61. The summed E-state index contributed by atoms with van der Waals surface area (Å²) >= 11 is 0. The van der Waals surface area contributed by atoms with Crippen molar-refractivity contribution < 1.29 is 0 Å². The van der Waals surface area contributed by atoms with Crippen LogP contribution in [0.1, 0.15) is 0 Å². The quantitative estimate of drug-likeness (QED) is 0.167. The van der Waals surface area contributed by atoms with Crippen molar-refractivity contribution in [1.82, 2.24) is 0 Å². The third kappa shape index (κ3) is 5.42. The van der Waals surface area contributed by atoms with E-state index in [1.807, 2.05) is 0 Å². The average Bonchev–Trinajstić information content (AvgIpc) is 3.18. The van der Waals surface area contributed by atoms with Crippen molar-refractivity contribution >= 4 is 49.4 Å². The Morgan fingerprint density at radius 3 is 1.47 bits per heavy atom.